The molecule has 0 saturated carbocycles. The number of nitrogens with one attached hydrogen (secondary N) is 4. The number of aromatic amines is 1. The van der Waals surface area contributed by atoms with E-state index in [9.17, 15) is 24.3 Å². The number of rotatable bonds is 20. The van der Waals surface area contributed by atoms with Crippen LogP contribution in [-0.4, -0.2) is 83.0 Å². The largest absolute Gasteiger partial charge is 0.480 e. The molecule has 228 valence electrons. The Kier molecular flexibility index (Phi) is 15.2. The molecule has 0 aliphatic rings. The van der Waals surface area contributed by atoms with Crippen molar-refractivity contribution in [1.29, 1.82) is 0 Å². The number of nitrogens with two attached hydrogens (primary N) is 3. The molecule has 4 unspecified atom stereocenters. The second-order valence-electron chi connectivity index (χ2n) is 10.0. The molecule has 1 aromatic carbocycles. The fourth-order valence-corrected chi connectivity index (χ4v) is 4.92. The van der Waals surface area contributed by atoms with E-state index in [-0.39, 0.29) is 19.3 Å². The molecule has 0 bridgehead atoms. The van der Waals surface area contributed by atoms with Crippen LogP contribution in [0.4, 0.5) is 0 Å². The molecule has 0 saturated heterocycles. The van der Waals surface area contributed by atoms with Gasteiger partial charge in [0, 0.05) is 23.5 Å². The van der Waals surface area contributed by atoms with Crippen LogP contribution in [0.1, 0.15) is 50.5 Å². The SMILES string of the molecule is CSCCC(NC(=O)C(CCCCN)NC(=O)C(Cc1c[nH]c2ccccc12)NC(=O)C(N)CCCCN)C(=O)O. The lowest BCUT2D eigenvalue weighted by atomic mass is 10.0. The summed E-state index contributed by atoms with van der Waals surface area (Å²) in [6.45, 7) is 0.905. The van der Waals surface area contributed by atoms with Crippen LogP contribution in [0.25, 0.3) is 10.9 Å². The predicted octanol–water partition coefficient (Wildman–Crippen LogP) is 0.588. The van der Waals surface area contributed by atoms with Gasteiger partial charge in [0.1, 0.15) is 18.1 Å². The molecule has 2 aromatic rings. The number of fused-ring (bicyclic) bond motifs is 1. The maximum absolute atomic E-state index is 13.6. The van der Waals surface area contributed by atoms with Gasteiger partial charge >= 0.3 is 5.97 Å². The summed E-state index contributed by atoms with van der Waals surface area (Å²) in [6, 6.07) is 3.66. The number of para-hydroxylation sites is 1. The molecule has 4 atom stereocenters. The number of carboxylic acids is 1. The predicted molar refractivity (Wildman–Crippen MR) is 162 cm³/mol. The van der Waals surface area contributed by atoms with E-state index in [2.05, 4.69) is 20.9 Å². The van der Waals surface area contributed by atoms with Crippen molar-refractivity contribution in [2.75, 3.05) is 25.1 Å². The van der Waals surface area contributed by atoms with Crippen molar-refractivity contribution in [2.45, 2.75) is 75.5 Å². The van der Waals surface area contributed by atoms with Crippen molar-refractivity contribution >= 4 is 46.4 Å². The molecule has 0 radical (unpaired) electrons. The van der Waals surface area contributed by atoms with Gasteiger partial charge in [-0.15, -0.1) is 0 Å². The van der Waals surface area contributed by atoms with Gasteiger partial charge in [0.05, 0.1) is 6.04 Å². The summed E-state index contributed by atoms with van der Waals surface area (Å²) in [5, 5.41) is 18.6. The first kappa shape index (κ1) is 34.1. The number of unbranched alkanes of at least 4 members (excludes halogenated alkanes) is 2. The third-order valence-electron chi connectivity index (χ3n) is 6.84. The molecule has 1 heterocycles. The molecule has 13 heteroatoms. The van der Waals surface area contributed by atoms with Crippen LogP contribution in [0.3, 0.4) is 0 Å². The number of carbonyl (C=O) groups is 4. The molecule has 3 amide bonds. The van der Waals surface area contributed by atoms with Crippen molar-refractivity contribution in [3.05, 3.63) is 36.0 Å². The van der Waals surface area contributed by atoms with Gasteiger partial charge in [0.15, 0.2) is 0 Å². The highest BCUT2D eigenvalue weighted by Crippen LogP contribution is 2.19. The fourth-order valence-electron chi connectivity index (χ4n) is 4.45. The number of aromatic nitrogens is 1. The topological polar surface area (TPSA) is 218 Å². The van der Waals surface area contributed by atoms with Crippen molar-refractivity contribution in [3.8, 4) is 0 Å². The van der Waals surface area contributed by atoms with Crippen LogP contribution in [0.5, 0.6) is 0 Å². The first-order valence-electron chi connectivity index (χ1n) is 14.0. The number of amides is 3. The summed E-state index contributed by atoms with van der Waals surface area (Å²) in [4.78, 5) is 54.7. The zero-order valence-electron chi connectivity index (χ0n) is 23.7. The van der Waals surface area contributed by atoms with E-state index in [1.807, 2.05) is 30.5 Å². The zero-order chi connectivity index (χ0) is 30.2. The summed E-state index contributed by atoms with van der Waals surface area (Å²) in [5.74, 6) is -2.24. The molecule has 0 aliphatic heterocycles. The van der Waals surface area contributed by atoms with Gasteiger partial charge in [-0.25, -0.2) is 4.79 Å². The van der Waals surface area contributed by atoms with Gasteiger partial charge in [0.2, 0.25) is 17.7 Å². The number of H-pyrrole nitrogens is 1. The lowest BCUT2D eigenvalue weighted by Crippen LogP contribution is -2.57. The number of carboxylic acid groups (broad SMARTS) is 1. The number of aliphatic carboxylic acids is 1. The van der Waals surface area contributed by atoms with Crippen molar-refractivity contribution < 1.29 is 24.3 Å². The Labute approximate surface area is 245 Å². The number of carbonyl (C=O) groups excluding carboxylic acids is 3. The number of hydrogen-bond acceptors (Lipinski definition) is 8. The monoisotopic (exact) mass is 591 g/mol. The molecular weight excluding hydrogens is 546 g/mol. The maximum Gasteiger partial charge on any atom is 0.326 e. The molecule has 0 fully saturated rings. The van der Waals surface area contributed by atoms with Crippen LogP contribution in [0.2, 0.25) is 0 Å². The van der Waals surface area contributed by atoms with E-state index in [1.165, 1.54) is 11.8 Å². The smallest absolute Gasteiger partial charge is 0.326 e. The van der Waals surface area contributed by atoms with Gasteiger partial charge in [-0.05, 0) is 75.3 Å². The molecule has 12 nitrogen and oxygen atoms in total. The van der Waals surface area contributed by atoms with Crippen LogP contribution in [0, 0.1) is 0 Å². The highest BCUT2D eigenvalue weighted by Gasteiger charge is 2.30. The number of thioether (sulfide) groups is 1. The summed E-state index contributed by atoms with van der Waals surface area (Å²) in [7, 11) is 0. The highest BCUT2D eigenvalue weighted by molar-refractivity contribution is 7.98. The normalized spacial score (nSPS) is 14.1. The molecule has 2 rings (SSSR count). The van der Waals surface area contributed by atoms with Crippen molar-refractivity contribution in [1.82, 2.24) is 20.9 Å². The lowest BCUT2D eigenvalue weighted by molar-refractivity contribution is -0.142. The van der Waals surface area contributed by atoms with Crippen LogP contribution in [-0.2, 0) is 25.6 Å². The van der Waals surface area contributed by atoms with Crippen LogP contribution < -0.4 is 33.2 Å². The molecular formula is C28H45N7O5S. The van der Waals surface area contributed by atoms with E-state index in [4.69, 9.17) is 17.2 Å². The Morgan fingerprint density at radius 1 is 0.854 bits per heavy atom. The fraction of sp³-hybridized carbons (Fsp3) is 0.571. The lowest BCUT2D eigenvalue weighted by Gasteiger charge is -2.25. The van der Waals surface area contributed by atoms with Gasteiger partial charge < -0.3 is 43.2 Å². The third-order valence-corrected chi connectivity index (χ3v) is 7.49. The average Bonchev–Trinajstić information content (AvgIpc) is 3.36. The summed E-state index contributed by atoms with van der Waals surface area (Å²) in [5.41, 5.74) is 19.0. The minimum Gasteiger partial charge on any atom is -0.480 e. The second kappa shape index (κ2) is 18.3. The third kappa shape index (κ3) is 11.3. The Balaban J connectivity index is 2.26. The van der Waals surface area contributed by atoms with Crippen LogP contribution in [0.15, 0.2) is 30.5 Å². The Bertz CT molecular complexity index is 1130. The Hall–Kier alpha value is -3.13. The minimum absolute atomic E-state index is 0.152. The summed E-state index contributed by atoms with van der Waals surface area (Å²) >= 11 is 1.47. The van der Waals surface area contributed by atoms with E-state index < -0.39 is 47.9 Å². The van der Waals surface area contributed by atoms with E-state index in [0.717, 1.165) is 22.9 Å². The average molecular weight is 592 g/mol. The summed E-state index contributed by atoms with van der Waals surface area (Å²) < 4.78 is 0. The van der Waals surface area contributed by atoms with Gasteiger partial charge in [-0.1, -0.05) is 24.6 Å². The summed E-state index contributed by atoms with van der Waals surface area (Å²) in [6.07, 6.45) is 7.29. The van der Waals surface area contributed by atoms with E-state index in [0.29, 0.717) is 44.5 Å². The molecule has 0 spiro atoms. The van der Waals surface area contributed by atoms with Crippen molar-refractivity contribution in [3.63, 3.8) is 0 Å². The highest BCUT2D eigenvalue weighted by atomic mass is 32.2. The first-order valence-corrected chi connectivity index (χ1v) is 15.4. The number of benzene rings is 1. The van der Waals surface area contributed by atoms with E-state index in [1.54, 1.807) is 6.20 Å². The van der Waals surface area contributed by atoms with E-state index >= 15 is 0 Å². The van der Waals surface area contributed by atoms with Gasteiger partial charge in [-0.3, -0.25) is 14.4 Å². The minimum atomic E-state index is -1.15. The maximum atomic E-state index is 13.6. The molecule has 0 aliphatic carbocycles. The van der Waals surface area contributed by atoms with Crippen molar-refractivity contribution in [2.24, 2.45) is 17.2 Å². The number of hydrogen-bond donors (Lipinski definition) is 8. The zero-order valence-corrected chi connectivity index (χ0v) is 24.5. The van der Waals surface area contributed by atoms with Gasteiger partial charge in [-0.2, -0.15) is 11.8 Å². The van der Waals surface area contributed by atoms with Gasteiger partial charge in [0.25, 0.3) is 0 Å². The first-order chi connectivity index (χ1) is 19.7. The van der Waals surface area contributed by atoms with Crippen LogP contribution >= 0.6 is 11.8 Å². The molecule has 1 aromatic heterocycles. The Morgan fingerprint density at radius 3 is 2.12 bits per heavy atom. The molecule has 11 N–H and O–H groups in total. The second-order valence-corrected chi connectivity index (χ2v) is 11.0. The Morgan fingerprint density at radius 2 is 1.46 bits per heavy atom. The quantitative estimate of drug-likeness (QED) is 0.101. The molecule has 41 heavy (non-hydrogen) atoms. The standard InChI is InChI=1S/C28H45N7O5S/c1-41-15-12-23(28(39)40)34-26(37)22(11-5-7-14-30)33-27(38)24(35-25(36)20(31)9-4-6-13-29)16-18-17-32-21-10-3-2-8-19(18)21/h2-3,8,10,17,20,22-24,32H,4-7,9,11-16,29-31H2,1H3,(H,33,38)(H,34,37)(H,35,36)(H,39,40).